The van der Waals surface area contributed by atoms with E-state index in [0.717, 1.165) is 28.6 Å². The molecule has 2 aliphatic heterocycles. The molecule has 8 nitrogen and oxygen atoms in total. The minimum Gasteiger partial charge on any atom is -0.493 e. The van der Waals surface area contributed by atoms with Crippen molar-refractivity contribution in [2.24, 2.45) is 0 Å². The van der Waals surface area contributed by atoms with Crippen molar-refractivity contribution in [1.29, 1.82) is 0 Å². The van der Waals surface area contributed by atoms with Crippen LogP contribution in [0.1, 0.15) is 12.0 Å². The normalized spacial score (nSPS) is 22.6. The van der Waals surface area contributed by atoms with E-state index in [-0.39, 0.29) is 24.3 Å². The van der Waals surface area contributed by atoms with Gasteiger partial charge in [0.05, 0.1) is 30.9 Å². The highest BCUT2D eigenvalue weighted by Gasteiger charge is 2.35. The summed E-state index contributed by atoms with van der Waals surface area (Å²) >= 11 is 0. The summed E-state index contributed by atoms with van der Waals surface area (Å²) in [7, 11) is 0. The fourth-order valence-electron chi connectivity index (χ4n) is 4.57. The van der Waals surface area contributed by atoms with Crippen molar-refractivity contribution < 1.29 is 19.0 Å². The van der Waals surface area contributed by atoms with Gasteiger partial charge in [-0.3, -0.25) is 9.69 Å². The van der Waals surface area contributed by atoms with Crippen LogP contribution in [0, 0.1) is 0 Å². The highest BCUT2D eigenvalue weighted by Crippen LogP contribution is 2.21. The highest BCUT2D eigenvalue weighted by molar-refractivity contribution is 5.80. The lowest BCUT2D eigenvalue weighted by Crippen LogP contribution is -2.44. The molecular formula is C26H29N3O5. The van der Waals surface area contributed by atoms with E-state index in [0.29, 0.717) is 39.4 Å². The molecule has 1 fully saturated rings. The van der Waals surface area contributed by atoms with E-state index in [1.54, 1.807) is 10.6 Å². The summed E-state index contributed by atoms with van der Waals surface area (Å²) in [5, 5.41) is 3.98. The molecular weight excluding hydrogens is 434 g/mol. The molecule has 178 valence electrons. The van der Waals surface area contributed by atoms with Gasteiger partial charge in [0.25, 0.3) is 5.56 Å². The van der Waals surface area contributed by atoms with E-state index in [2.05, 4.69) is 10.2 Å². The second-order valence-corrected chi connectivity index (χ2v) is 8.73. The molecule has 1 saturated heterocycles. The van der Waals surface area contributed by atoms with Crippen LogP contribution in [0.15, 0.2) is 65.5 Å². The van der Waals surface area contributed by atoms with Crippen molar-refractivity contribution in [2.45, 2.75) is 31.7 Å². The maximum Gasteiger partial charge on any atom is 0.407 e. The first kappa shape index (κ1) is 22.4. The predicted molar refractivity (Wildman–Crippen MR) is 128 cm³/mol. The van der Waals surface area contributed by atoms with Gasteiger partial charge in [-0.1, -0.05) is 30.3 Å². The molecule has 4 bridgehead atoms. The third kappa shape index (κ3) is 5.24. The van der Waals surface area contributed by atoms with Gasteiger partial charge in [0.15, 0.2) is 0 Å². The topological polar surface area (TPSA) is 82.0 Å². The summed E-state index contributed by atoms with van der Waals surface area (Å²) in [5.74, 6) is 0.743. The van der Waals surface area contributed by atoms with Crippen molar-refractivity contribution in [2.75, 3.05) is 32.8 Å². The Kier molecular flexibility index (Phi) is 6.78. The van der Waals surface area contributed by atoms with Crippen LogP contribution in [-0.4, -0.2) is 60.6 Å². The molecule has 0 spiro atoms. The van der Waals surface area contributed by atoms with E-state index in [1.165, 1.54) is 0 Å². The Balaban J connectivity index is 1.28. The zero-order valence-corrected chi connectivity index (χ0v) is 19.0. The number of carbonyl (C=O) groups excluding carboxylic acids is 1. The number of hydrogen-bond acceptors (Lipinski definition) is 6. The van der Waals surface area contributed by atoms with Gasteiger partial charge in [0.1, 0.15) is 12.4 Å². The Bertz CT molecular complexity index is 1200. The lowest BCUT2D eigenvalue weighted by atomic mass is 10.2. The maximum atomic E-state index is 12.6. The molecule has 2 aromatic carbocycles. The van der Waals surface area contributed by atoms with Crippen LogP contribution in [0.3, 0.4) is 0 Å². The first-order valence-corrected chi connectivity index (χ1v) is 11.7. The van der Waals surface area contributed by atoms with E-state index in [4.69, 9.17) is 14.2 Å². The van der Waals surface area contributed by atoms with Gasteiger partial charge in [-0.15, -0.1) is 0 Å². The smallest absolute Gasteiger partial charge is 0.407 e. The number of ether oxygens (including phenoxy) is 3. The standard InChI is InChI=1S/C26H29N3O5/c30-25-10-8-20-7-9-21-15-23(20)29(25)12-11-28-16-22(24(17-28)33-14-4-13-32-21)27-26(31)34-18-19-5-2-1-3-6-19/h1-3,5-10,15,22,24H,4,11-14,16-18H2,(H,27,31)/t22-,24-/m1/s1. The SMILES string of the molecule is O=C(N[C@@H]1CN2CCn3c(=O)ccc4ccc(cc43)OCCCO[C@@H]1C2)OCc1ccccc1. The molecule has 2 aliphatic rings. The van der Waals surface area contributed by atoms with Crippen LogP contribution >= 0.6 is 0 Å². The molecule has 34 heavy (non-hydrogen) atoms. The van der Waals surface area contributed by atoms with Crippen LogP contribution in [0.4, 0.5) is 4.79 Å². The van der Waals surface area contributed by atoms with Gasteiger partial charge in [-0.2, -0.15) is 0 Å². The van der Waals surface area contributed by atoms with Gasteiger partial charge in [0.2, 0.25) is 0 Å². The van der Waals surface area contributed by atoms with Gasteiger partial charge in [-0.25, -0.2) is 4.79 Å². The number of nitrogens with one attached hydrogen (secondary N) is 1. The average molecular weight is 464 g/mol. The number of pyridine rings is 1. The summed E-state index contributed by atoms with van der Waals surface area (Å²) in [6.45, 7) is 3.78. The van der Waals surface area contributed by atoms with Gasteiger partial charge < -0.3 is 24.1 Å². The van der Waals surface area contributed by atoms with E-state index >= 15 is 0 Å². The van der Waals surface area contributed by atoms with Crippen LogP contribution < -0.4 is 15.6 Å². The number of rotatable bonds is 3. The largest absolute Gasteiger partial charge is 0.493 e. The van der Waals surface area contributed by atoms with Crippen LogP contribution in [0.25, 0.3) is 10.9 Å². The minimum atomic E-state index is -0.456. The Morgan fingerprint density at radius 2 is 1.88 bits per heavy atom. The number of fused-ring (bicyclic) bond motifs is 3. The van der Waals surface area contributed by atoms with Crippen molar-refractivity contribution in [3.8, 4) is 5.75 Å². The molecule has 8 heteroatoms. The van der Waals surface area contributed by atoms with Crippen LogP contribution in [0.2, 0.25) is 0 Å². The fourth-order valence-corrected chi connectivity index (χ4v) is 4.57. The molecule has 1 N–H and O–H groups in total. The summed E-state index contributed by atoms with van der Waals surface area (Å²) in [6, 6.07) is 18.7. The maximum absolute atomic E-state index is 12.6. The van der Waals surface area contributed by atoms with Gasteiger partial charge >= 0.3 is 6.09 Å². The van der Waals surface area contributed by atoms with E-state index in [1.807, 2.05) is 54.6 Å². The second kappa shape index (κ2) is 10.3. The Morgan fingerprint density at radius 3 is 2.76 bits per heavy atom. The van der Waals surface area contributed by atoms with Crippen molar-refractivity contribution >= 4 is 17.0 Å². The monoisotopic (exact) mass is 463 g/mol. The van der Waals surface area contributed by atoms with Crippen molar-refractivity contribution in [3.05, 3.63) is 76.6 Å². The van der Waals surface area contributed by atoms with Crippen molar-refractivity contribution in [1.82, 2.24) is 14.8 Å². The first-order chi connectivity index (χ1) is 16.7. The summed E-state index contributed by atoms with van der Waals surface area (Å²) in [4.78, 5) is 27.3. The molecule has 1 aromatic heterocycles. The summed E-state index contributed by atoms with van der Waals surface area (Å²) in [5.41, 5.74) is 1.77. The molecule has 3 aromatic rings. The minimum absolute atomic E-state index is 0.0390. The second-order valence-electron chi connectivity index (χ2n) is 8.73. The first-order valence-electron chi connectivity index (χ1n) is 11.7. The molecule has 1 unspecified atom stereocenters. The van der Waals surface area contributed by atoms with E-state index in [9.17, 15) is 9.59 Å². The zero-order valence-electron chi connectivity index (χ0n) is 19.0. The number of benzene rings is 2. The molecule has 3 heterocycles. The molecule has 0 radical (unpaired) electrons. The quantitative estimate of drug-likeness (QED) is 0.643. The van der Waals surface area contributed by atoms with E-state index < -0.39 is 6.09 Å². The zero-order chi connectivity index (χ0) is 23.3. The highest BCUT2D eigenvalue weighted by atomic mass is 16.5. The summed E-state index contributed by atoms with van der Waals surface area (Å²) < 4.78 is 19.2. The van der Waals surface area contributed by atoms with Gasteiger partial charge in [0, 0.05) is 44.7 Å². The molecule has 3 atom stereocenters. The number of alkyl carbamates (subject to hydrolysis) is 1. The third-order valence-electron chi connectivity index (χ3n) is 6.35. The average Bonchev–Trinajstić information content (AvgIpc) is 3.23. The third-order valence-corrected chi connectivity index (χ3v) is 6.35. The predicted octanol–water partition coefficient (Wildman–Crippen LogP) is 2.78. The lowest BCUT2D eigenvalue weighted by molar-refractivity contribution is 0.0355. The summed E-state index contributed by atoms with van der Waals surface area (Å²) in [6.07, 6.45) is 0.113. The number of aromatic nitrogens is 1. The van der Waals surface area contributed by atoms with Crippen LogP contribution in [-0.2, 0) is 22.6 Å². The van der Waals surface area contributed by atoms with Gasteiger partial charge in [-0.05, 0) is 29.1 Å². The molecule has 1 amide bonds. The molecule has 0 aliphatic carbocycles. The molecule has 0 saturated carbocycles. The van der Waals surface area contributed by atoms with Crippen LogP contribution in [0.5, 0.6) is 5.75 Å². The number of carbonyl (C=O) groups is 1. The Labute approximate surface area is 198 Å². The fraction of sp³-hybridized carbons (Fsp3) is 0.385. The molecule has 5 rings (SSSR count). The van der Waals surface area contributed by atoms with Crippen molar-refractivity contribution in [3.63, 3.8) is 0 Å². The lowest BCUT2D eigenvalue weighted by Gasteiger charge is -2.20. The number of amides is 1. The Hall–Kier alpha value is -3.36. The number of hydrogen-bond donors (Lipinski definition) is 1. The Morgan fingerprint density at radius 1 is 1.03 bits per heavy atom. The number of nitrogens with zero attached hydrogens (tertiary/aromatic N) is 2.